The van der Waals surface area contributed by atoms with Crippen molar-refractivity contribution in [3.05, 3.63) is 56.7 Å². The van der Waals surface area contributed by atoms with Crippen molar-refractivity contribution in [3.8, 4) is 0 Å². The molecule has 3 heterocycles. The zero-order valence-corrected chi connectivity index (χ0v) is 20.6. The van der Waals surface area contributed by atoms with E-state index < -0.39 is 9.84 Å². The minimum atomic E-state index is -3.07. The summed E-state index contributed by atoms with van der Waals surface area (Å²) in [5.74, 6) is 0.0462. The van der Waals surface area contributed by atoms with Gasteiger partial charge in [-0.25, -0.2) is 13.4 Å². The number of hydrogen-bond donors (Lipinski definition) is 0. The second-order valence-electron chi connectivity index (χ2n) is 8.08. The Hall–Kier alpha value is -2.17. The van der Waals surface area contributed by atoms with Crippen LogP contribution in [-0.4, -0.2) is 59.1 Å². The van der Waals surface area contributed by atoms with Gasteiger partial charge in [0.15, 0.2) is 15.0 Å². The van der Waals surface area contributed by atoms with E-state index in [1.807, 2.05) is 44.2 Å². The molecule has 1 aliphatic heterocycles. The van der Waals surface area contributed by atoms with Crippen LogP contribution in [0.1, 0.15) is 22.4 Å². The molecule has 1 amide bonds. The summed E-state index contributed by atoms with van der Waals surface area (Å²) in [5, 5.41) is 1.13. The van der Waals surface area contributed by atoms with Gasteiger partial charge in [0.25, 0.3) is 5.56 Å². The predicted octanol–water partition coefficient (Wildman–Crippen LogP) is 2.86. The standard InChI is InChI=1S/C22H25N3O4S3/c1-14-15(2)31-20-19(14)21(27)25(11-16-7-5-4-6-8-16)22(23-20)30-12-18(26)24(3)17-9-10-32(28,29)13-17/h4-8,17H,9-13H2,1-3H3. The lowest BCUT2D eigenvalue weighted by Gasteiger charge is -2.23. The number of thiophene rings is 1. The summed E-state index contributed by atoms with van der Waals surface area (Å²) in [6, 6.07) is 9.39. The summed E-state index contributed by atoms with van der Waals surface area (Å²) in [6.45, 7) is 4.28. The molecule has 7 nitrogen and oxygen atoms in total. The molecule has 1 atom stereocenters. The van der Waals surface area contributed by atoms with Crippen LogP contribution in [0.4, 0.5) is 0 Å². The minimum Gasteiger partial charge on any atom is -0.341 e. The molecule has 1 aromatic carbocycles. The Kier molecular flexibility index (Phi) is 6.46. The molecule has 0 N–H and O–H groups in total. The van der Waals surface area contributed by atoms with Crippen LogP contribution in [-0.2, 0) is 21.2 Å². The number of carbonyl (C=O) groups excluding carboxylic acids is 1. The van der Waals surface area contributed by atoms with Crippen LogP contribution in [0, 0.1) is 13.8 Å². The number of sulfone groups is 1. The molecule has 0 bridgehead atoms. The van der Waals surface area contributed by atoms with Gasteiger partial charge in [0.05, 0.1) is 29.2 Å². The van der Waals surface area contributed by atoms with Crippen LogP contribution in [0.5, 0.6) is 0 Å². The first-order chi connectivity index (χ1) is 15.2. The van der Waals surface area contributed by atoms with Crippen LogP contribution in [0.15, 0.2) is 40.3 Å². The molecule has 10 heteroatoms. The van der Waals surface area contributed by atoms with Gasteiger partial charge in [-0.2, -0.15) is 0 Å². The molecule has 1 aliphatic rings. The number of aryl methyl sites for hydroxylation is 2. The molecule has 0 saturated carbocycles. The van der Waals surface area contributed by atoms with Gasteiger partial charge in [-0.1, -0.05) is 42.1 Å². The summed E-state index contributed by atoms with van der Waals surface area (Å²) in [4.78, 5) is 34.2. The molecule has 1 fully saturated rings. The second kappa shape index (κ2) is 8.99. The Bertz CT molecular complexity index is 1330. The van der Waals surface area contributed by atoms with E-state index in [1.54, 1.807) is 11.6 Å². The first kappa shape index (κ1) is 23.0. The van der Waals surface area contributed by atoms with E-state index in [9.17, 15) is 18.0 Å². The van der Waals surface area contributed by atoms with Gasteiger partial charge in [-0.05, 0) is 31.4 Å². The zero-order valence-electron chi connectivity index (χ0n) is 18.2. The van der Waals surface area contributed by atoms with E-state index in [-0.39, 0.29) is 34.8 Å². The second-order valence-corrected chi connectivity index (χ2v) is 12.5. The fourth-order valence-corrected chi connectivity index (χ4v) is 7.60. The molecule has 1 unspecified atom stereocenters. The Balaban J connectivity index is 1.63. The number of aromatic nitrogens is 2. The average Bonchev–Trinajstić information content (AvgIpc) is 3.27. The summed E-state index contributed by atoms with van der Waals surface area (Å²) >= 11 is 2.71. The number of benzene rings is 1. The fourth-order valence-electron chi connectivity index (χ4n) is 3.84. The topological polar surface area (TPSA) is 89.3 Å². The molecule has 170 valence electrons. The third-order valence-electron chi connectivity index (χ3n) is 5.91. The highest BCUT2D eigenvalue weighted by Gasteiger charge is 2.32. The number of rotatable bonds is 6. The Morgan fingerprint density at radius 1 is 1.28 bits per heavy atom. The van der Waals surface area contributed by atoms with Crippen LogP contribution in [0.25, 0.3) is 10.2 Å². The molecule has 0 aliphatic carbocycles. The highest BCUT2D eigenvalue weighted by atomic mass is 32.2. The highest BCUT2D eigenvalue weighted by Crippen LogP contribution is 2.29. The maximum Gasteiger partial charge on any atom is 0.263 e. The summed E-state index contributed by atoms with van der Waals surface area (Å²) in [6.07, 6.45) is 0.464. The Morgan fingerprint density at radius 3 is 2.66 bits per heavy atom. The van der Waals surface area contributed by atoms with Crippen LogP contribution < -0.4 is 5.56 Å². The molecule has 2 aromatic heterocycles. The van der Waals surface area contributed by atoms with Crippen molar-refractivity contribution in [2.45, 2.75) is 38.0 Å². The SMILES string of the molecule is Cc1sc2nc(SCC(=O)N(C)C3CCS(=O)(=O)C3)n(Cc3ccccc3)c(=O)c2c1C. The Labute approximate surface area is 195 Å². The molecule has 0 spiro atoms. The van der Waals surface area contributed by atoms with Crippen molar-refractivity contribution >= 4 is 49.1 Å². The molecule has 3 aromatic rings. The van der Waals surface area contributed by atoms with E-state index in [4.69, 9.17) is 4.98 Å². The quantitative estimate of drug-likeness (QED) is 0.389. The summed E-state index contributed by atoms with van der Waals surface area (Å²) < 4.78 is 25.2. The van der Waals surface area contributed by atoms with Crippen molar-refractivity contribution in [3.63, 3.8) is 0 Å². The lowest BCUT2D eigenvalue weighted by Crippen LogP contribution is -2.39. The number of thioether (sulfide) groups is 1. The minimum absolute atomic E-state index is 0.0105. The molecule has 1 saturated heterocycles. The summed E-state index contributed by atoms with van der Waals surface area (Å²) in [5.41, 5.74) is 1.81. The lowest BCUT2D eigenvalue weighted by atomic mass is 10.2. The van der Waals surface area contributed by atoms with Crippen molar-refractivity contribution in [2.24, 2.45) is 0 Å². The molecular formula is C22H25N3O4S3. The van der Waals surface area contributed by atoms with Gasteiger partial charge in [-0.15, -0.1) is 11.3 Å². The molecule has 0 radical (unpaired) electrons. The fraction of sp³-hybridized carbons (Fsp3) is 0.409. The molecule has 32 heavy (non-hydrogen) atoms. The van der Waals surface area contributed by atoms with Crippen LogP contribution in [0.2, 0.25) is 0 Å². The largest absolute Gasteiger partial charge is 0.341 e. The lowest BCUT2D eigenvalue weighted by molar-refractivity contribution is -0.128. The summed E-state index contributed by atoms with van der Waals surface area (Å²) in [7, 11) is -1.42. The first-order valence-corrected chi connectivity index (χ1v) is 13.9. The number of hydrogen-bond acceptors (Lipinski definition) is 7. The maximum atomic E-state index is 13.4. The number of fused-ring (bicyclic) bond motifs is 1. The highest BCUT2D eigenvalue weighted by molar-refractivity contribution is 7.99. The van der Waals surface area contributed by atoms with Crippen molar-refractivity contribution in [1.29, 1.82) is 0 Å². The first-order valence-electron chi connectivity index (χ1n) is 10.3. The van der Waals surface area contributed by atoms with E-state index >= 15 is 0 Å². The Morgan fingerprint density at radius 2 is 2.00 bits per heavy atom. The van der Waals surface area contributed by atoms with Gasteiger partial charge in [-0.3, -0.25) is 14.2 Å². The third kappa shape index (κ3) is 4.62. The van der Waals surface area contributed by atoms with E-state index in [0.29, 0.717) is 28.3 Å². The number of amides is 1. The zero-order chi connectivity index (χ0) is 23.0. The average molecular weight is 492 g/mol. The van der Waals surface area contributed by atoms with Gasteiger partial charge < -0.3 is 4.90 Å². The number of carbonyl (C=O) groups is 1. The monoisotopic (exact) mass is 491 g/mol. The smallest absolute Gasteiger partial charge is 0.263 e. The number of nitrogens with zero attached hydrogens (tertiary/aromatic N) is 3. The molecular weight excluding hydrogens is 466 g/mol. The van der Waals surface area contributed by atoms with Crippen molar-refractivity contribution < 1.29 is 13.2 Å². The third-order valence-corrected chi connectivity index (χ3v) is 9.72. The van der Waals surface area contributed by atoms with Gasteiger partial charge in [0, 0.05) is 18.0 Å². The van der Waals surface area contributed by atoms with Gasteiger partial charge in [0.2, 0.25) is 5.91 Å². The van der Waals surface area contributed by atoms with Gasteiger partial charge in [0.1, 0.15) is 4.83 Å². The van der Waals surface area contributed by atoms with Crippen LogP contribution >= 0.6 is 23.1 Å². The van der Waals surface area contributed by atoms with E-state index in [1.165, 1.54) is 28.0 Å². The predicted molar refractivity (Wildman–Crippen MR) is 129 cm³/mol. The van der Waals surface area contributed by atoms with Crippen molar-refractivity contribution in [2.75, 3.05) is 24.3 Å². The van der Waals surface area contributed by atoms with E-state index in [2.05, 4.69) is 0 Å². The van der Waals surface area contributed by atoms with Crippen molar-refractivity contribution in [1.82, 2.24) is 14.5 Å². The maximum absolute atomic E-state index is 13.4. The van der Waals surface area contributed by atoms with Gasteiger partial charge >= 0.3 is 0 Å². The normalized spacial score (nSPS) is 17.7. The molecule has 4 rings (SSSR count). The van der Waals surface area contributed by atoms with Crippen LogP contribution in [0.3, 0.4) is 0 Å². The van der Waals surface area contributed by atoms with E-state index in [0.717, 1.165) is 16.0 Å².